The number of halogens is 4. The molecule has 1 aromatic carbocycles. The third-order valence-electron chi connectivity index (χ3n) is 8.11. The first-order chi connectivity index (χ1) is 17.0. The summed E-state index contributed by atoms with van der Waals surface area (Å²) in [7, 11) is 0. The van der Waals surface area contributed by atoms with Crippen molar-refractivity contribution in [3.05, 3.63) is 76.4 Å². The number of ketones is 1. The van der Waals surface area contributed by atoms with Crippen molar-refractivity contribution < 1.29 is 27.2 Å². The van der Waals surface area contributed by atoms with Crippen LogP contribution in [0.4, 0.5) is 17.6 Å². The highest BCUT2D eigenvalue weighted by Gasteiger charge is 2.54. The first kappa shape index (κ1) is 24.6. The molecule has 2 aromatic rings. The number of allylic oxidation sites excluding steroid dienone is 4. The largest absolute Gasteiger partial charge is 0.412 e. The lowest BCUT2D eigenvalue weighted by Crippen LogP contribution is -2.46. The highest BCUT2D eigenvalue weighted by Crippen LogP contribution is 2.60. The van der Waals surface area contributed by atoms with Crippen LogP contribution in [-0.2, 0) is 11.2 Å². The van der Waals surface area contributed by atoms with E-state index >= 15 is 0 Å². The Morgan fingerprint density at radius 3 is 2.36 bits per heavy atom. The first-order valence-electron chi connectivity index (χ1n) is 12.3. The van der Waals surface area contributed by atoms with Gasteiger partial charge in [-0.15, -0.1) is 0 Å². The second kappa shape index (κ2) is 8.79. The summed E-state index contributed by atoms with van der Waals surface area (Å²) in [5.74, 6) is -0.287. The number of hydrogen-bond donors (Lipinski definition) is 0. The molecule has 1 spiro atoms. The predicted molar refractivity (Wildman–Crippen MR) is 128 cm³/mol. The number of hydrogen-bond acceptors (Lipinski definition) is 3. The average molecular weight is 498 g/mol. The molecule has 0 bridgehead atoms. The highest BCUT2D eigenvalue weighted by molar-refractivity contribution is 6.04. The SMILES string of the molecule is CC(C)c1cc(-c2ccc(F)cc2)c2c(n1)CC(C1CC3(CC(C(F)(F)F)=CC=C3C=O)C1)CC2=O. The fourth-order valence-corrected chi connectivity index (χ4v) is 6.13. The highest BCUT2D eigenvalue weighted by atomic mass is 19.4. The number of rotatable bonds is 4. The lowest BCUT2D eigenvalue weighted by Gasteiger charge is -2.53. The molecule has 3 aliphatic carbocycles. The number of aldehydes is 1. The number of nitrogens with zero attached hydrogens (tertiary/aromatic N) is 1. The predicted octanol–water partition coefficient (Wildman–Crippen LogP) is 7.17. The monoisotopic (exact) mass is 497 g/mol. The van der Waals surface area contributed by atoms with Crippen molar-refractivity contribution in [2.75, 3.05) is 0 Å². The van der Waals surface area contributed by atoms with Crippen LogP contribution < -0.4 is 0 Å². The number of carbonyl (C=O) groups is 2. The zero-order valence-corrected chi connectivity index (χ0v) is 20.2. The molecule has 7 heteroatoms. The van der Waals surface area contributed by atoms with Crippen molar-refractivity contribution in [3.63, 3.8) is 0 Å². The van der Waals surface area contributed by atoms with Gasteiger partial charge in [0.05, 0.1) is 5.69 Å². The molecule has 36 heavy (non-hydrogen) atoms. The second-order valence-corrected chi connectivity index (χ2v) is 10.7. The molecule has 1 heterocycles. The van der Waals surface area contributed by atoms with E-state index in [1.165, 1.54) is 18.2 Å². The lowest BCUT2D eigenvalue weighted by atomic mass is 9.51. The molecule has 3 aliphatic rings. The van der Waals surface area contributed by atoms with Crippen LogP contribution in [0, 0.1) is 23.1 Å². The normalized spacial score (nSPS) is 25.8. The van der Waals surface area contributed by atoms with E-state index in [2.05, 4.69) is 0 Å². The summed E-state index contributed by atoms with van der Waals surface area (Å²) >= 11 is 0. The Bertz CT molecular complexity index is 1280. The number of benzene rings is 1. The molecule has 0 N–H and O–H groups in total. The van der Waals surface area contributed by atoms with Crippen molar-refractivity contribution in [1.82, 2.24) is 4.98 Å². The minimum Gasteiger partial charge on any atom is -0.298 e. The van der Waals surface area contributed by atoms with Crippen molar-refractivity contribution in [3.8, 4) is 11.1 Å². The third kappa shape index (κ3) is 4.22. The molecule has 1 fully saturated rings. The van der Waals surface area contributed by atoms with Crippen LogP contribution >= 0.6 is 0 Å². The maximum atomic E-state index is 13.5. The summed E-state index contributed by atoms with van der Waals surface area (Å²) in [6.07, 6.45) is 0.118. The van der Waals surface area contributed by atoms with Gasteiger partial charge in [0.25, 0.3) is 0 Å². The van der Waals surface area contributed by atoms with Crippen molar-refractivity contribution in [1.29, 1.82) is 0 Å². The maximum Gasteiger partial charge on any atom is 0.412 e. The molecular weight excluding hydrogens is 470 g/mol. The molecule has 5 rings (SSSR count). The molecule has 1 unspecified atom stereocenters. The Morgan fingerprint density at radius 2 is 1.75 bits per heavy atom. The molecule has 0 radical (unpaired) electrons. The number of aromatic nitrogens is 1. The summed E-state index contributed by atoms with van der Waals surface area (Å²) in [5, 5.41) is 0. The van der Waals surface area contributed by atoms with Gasteiger partial charge in [-0.1, -0.05) is 38.1 Å². The van der Waals surface area contributed by atoms with Gasteiger partial charge in [-0.2, -0.15) is 13.2 Å². The minimum absolute atomic E-state index is 0.0387. The number of Topliss-reactive ketones (excluding diaryl/α,β-unsaturated/α-hetero) is 1. The third-order valence-corrected chi connectivity index (χ3v) is 8.11. The van der Waals surface area contributed by atoms with Gasteiger partial charge in [0.2, 0.25) is 0 Å². The first-order valence-corrected chi connectivity index (χ1v) is 12.3. The minimum atomic E-state index is -4.42. The van der Waals surface area contributed by atoms with Crippen LogP contribution in [0.15, 0.2) is 53.6 Å². The lowest BCUT2D eigenvalue weighted by molar-refractivity contribution is -0.111. The van der Waals surface area contributed by atoms with Crippen LogP contribution in [0.2, 0.25) is 0 Å². The van der Waals surface area contributed by atoms with E-state index in [-0.39, 0.29) is 42.2 Å². The van der Waals surface area contributed by atoms with E-state index in [1.54, 1.807) is 12.1 Å². The van der Waals surface area contributed by atoms with Gasteiger partial charge < -0.3 is 0 Å². The maximum absolute atomic E-state index is 13.5. The summed E-state index contributed by atoms with van der Waals surface area (Å²) in [6, 6.07) is 7.96. The molecule has 1 aromatic heterocycles. The number of carbonyl (C=O) groups excluding carboxylic acids is 2. The molecule has 1 saturated carbocycles. The fourth-order valence-electron chi connectivity index (χ4n) is 6.13. The van der Waals surface area contributed by atoms with Crippen LogP contribution in [0.5, 0.6) is 0 Å². The summed E-state index contributed by atoms with van der Waals surface area (Å²) in [5.41, 5.74) is 2.60. The second-order valence-electron chi connectivity index (χ2n) is 10.7. The molecule has 3 nitrogen and oxygen atoms in total. The molecule has 1 atom stereocenters. The Morgan fingerprint density at radius 1 is 1.06 bits per heavy atom. The van der Waals surface area contributed by atoms with Crippen molar-refractivity contribution >= 4 is 12.1 Å². The topological polar surface area (TPSA) is 47.0 Å². The Labute approximate surface area is 207 Å². The summed E-state index contributed by atoms with van der Waals surface area (Å²) < 4.78 is 53.7. The number of fused-ring (bicyclic) bond motifs is 1. The van der Waals surface area contributed by atoms with E-state index in [0.717, 1.165) is 22.9 Å². The van der Waals surface area contributed by atoms with Crippen molar-refractivity contribution in [2.24, 2.45) is 17.3 Å². The van der Waals surface area contributed by atoms with Crippen LogP contribution in [-0.4, -0.2) is 23.2 Å². The van der Waals surface area contributed by atoms with E-state index in [4.69, 9.17) is 4.98 Å². The van der Waals surface area contributed by atoms with E-state index in [0.29, 0.717) is 42.4 Å². The van der Waals surface area contributed by atoms with Gasteiger partial charge in [-0.3, -0.25) is 14.6 Å². The quantitative estimate of drug-likeness (QED) is 0.332. The van der Waals surface area contributed by atoms with Gasteiger partial charge in [0, 0.05) is 28.7 Å². The van der Waals surface area contributed by atoms with Crippen LogP contribution in [0.3, 0.4) is 0 Å². The van der Waals surface area contributed by atoms with Crippen LogP contribution in [0.25, 0.3) is 11.1 Å². The standard InChI is InChI=1S/C29H27F4NO2/c1-16(2)24-11-23(17-3-7-22(30)8-4-17)27-25(34-24)9-18(10-26(27)36)19-12-28(13-19)14-20(29(31,32)33)5-6-21(28)15-35/h3-8,11,15-16,18-19H,9-10,12-14H2,1-2H3. The Balaban J connectivity index is 1.43. The van der Waals surface area contributed by atoms with Gasteiger partial charge in [0.1, 0.15) is 12.1 Å². The number of alkyl halides is 3. The summed E-state index contributed by atoms with van der Waals surface area (Å²) in [6.45, 7) is 4.03. The molecule has 0 aliphatic heterocycles. The Hall–Kier alpha value is -3.09. The number of pyridine rings is 1. The molecule has 188 valence electrons. The zero-order chi connectivity index (χ0) is 25.8. The van der Waals surface area contributed by atoms with Gasteiger partial charge in [-0.05, 0) is 78.3 Å². The fraction of sp³-hybridized carbons (Fsp3) is 0.414. The van der Waals surface area contributed by atoms with Gasteiger partial charge >= 0.3 is 6.18 Å². The zero-order valence-electron chi connectivity index (χ0n) is 20.2. The van der Waals surface area contributed by atoms with Crippen molar-refractivity contribution in [2.45, 2.75) is 58.0 Å². The van der Waals surface area contributed by atoms with E-state index in [1.807, 2.05) is 19.9 Å². The Kier molecular flexibility index (Phi) is 6.00. The molecular formula is C29H27F4NO2. The summed E-state index contributed by atoms with van der Waals surface area (Å²) in [4.78, 5) is 29.9. The average Bonchev–Trinajstić information content (AvgIpc) is 2.81. The van der Waals surface area contributed by atoms with E-state index < -0.39 is 17.2 Å². The molecule has 0 saturated heterocycles. The smallest absolute Gasteiger partial charge is 0.298 e. The van der Waals surface area contributed by atoms with Gasteiger partial charge in [0.15, 0.2) is 5.78 Å². The van der Waals surface area contributed by atoms with Gasteiger partial charge in [-0.25, -0.2) is 4.39 Å². The van der Waals surface area contributed by atoms with E-state index in [9.17, 15) is 27.2 Å². The van der Waals surface area contributed by atoms with Crippen LogP contribution in [0.1, 0.15) is 67.2 Å². The molecule has 0 amide bonds.